The second kappa shape index (κ2) is 5.82. The summed E-state index contributed by atoms with van der Waals surface area (Å²) in [5.74, 6) is 0.763. The zero-order valence-electron chi connectivity index (χ0n) is 12.6. The molecule has 0 spiro atoms. The molecule has 0 unspecified atom stereocenters. The number of nitrogens with zero attached hydrogens (tertiary/aromatic N) is 1. The highest BCUT2D eigenvalue weighted by molar-refractivity contribution is 5.83. The molecule has 0 radical (unpaired) electrons. The van der Waals surface area contributed by atoms with Crippen molar-refractivity contribution in [3.8, 4) is 0 Å². The molecule has 0 atom stereocenters. The van der Waals surface area contributed by atoms with Gasteiger partial charge in [0.1, 0.15) is 0 Å². The lowest BCUT2D eigenvalue weighted by Gasteiger charge is -2.23. The number of hydrogen-bond donors (Lipinski definition) is 1. The summed E-state index contributed by atoms with van der Waals surface area (Å²) in [7, 11) is 0. The van der Waals surface area contributed by atoms with Gasteiger partial charge in [0.15, 0.2) is 0 Å². The Morgan fingerprint density at radius 2 is 1.95 bits per heavy atom. The molecule has 1 aliphatic carbocycles. The number of para-hydroxylation sites is 1. The summed E-state index contributed by atoms with van der Waals surface area (Å²) in [5.41, 5.74) is 2.87. The summed E-state index contributed by atoms with van der Waals surface area (Å²) in [6.07, 6.45) is 7.35. The fourth-order valence-electron chi connectivity index (χ4n) is 3.38. The Kier molecular flexibility index (Phi) is 3.70. The van der Waals surface area contributed by atoms with Gasteiger partial charge in [-0.3, -0.25) is 0 Å². The van der Waals surface area contributed by atoms with Gasteiger partial charge in [-0.15, -0.1) is 0 Å². The summed E-state index contributed by atoms with van der Waals surface area (Å²) < 4.78 is 7.95. The van der Waals surface area contributed by atoms with Crippen molar-refractivity contribution in [2.45, 2.75) is 44.8 Å². The Hall–Kier alpha value is -1.32. The minimum atomic E-state index is 0.763. The molecule has 0 amide bonds. The van der Waals surface area contributed by atoms with Crippen LogP contribution >= 0.6 is 0 Å². The number of fused-ring (bicyclic) bond motifs is 1. The van der Waals surface area contributed by atoms with E-state index in [1.54, 1.807) is 0 Å². The van der Waals surface area contributed by atoms with E-state index in [0.29, 0.717) is 0 Å². The highest BCUT2D eigenvalue weighted by Crippen LogP contribution is 2.25. The molecule has 3 nitrogen and oxygen atoms in total. The molecule has 2 aromatic rings. The van der Waals surface area contributed by atoms with Crippen LogP contribution in [0.2, 0.25) is 0 Å². The third-order valence-corrected chi connectivity index (χ3v) is 4.83. The molecule has 1 saturated heterocycles. The minimum Gasteiger partial charge on any atom is -0.381 e. The first kappa shape index (κ1) is 13.4. The van der Waals surface area contributed by atoms with Crippen LogP contribution in [0.15, 0.2) is 30.5 Å². The van der Waals surface area contributed by atoms with Gasteiger partial charge in [0.2, 0.25) is 0 Å². The van der Waals surface area contributed by atoms with Crippen LogP contribution in [-0.4, -0.2) is 23.8 Å². The van der Waals surface area contributed by atoms with Crippen molar-refractivity contribution >= 4 is 10.9 Å². The monoisotopic (exact) mass is 284 g/mol. The van der Waals surface area contributed by atoms with Crippen LogP contribution < -0.4 is 5.32 Å². The van der Waals surface area contributed by atoms with E-state index in [1.165, 1.54) is 42.1 Å². The normalized spacial score (nSPS) is 20.2. The van der Waals surface area contributed by atoms with Gasteiger partial charge in [0.25, 0.3) is 0 Å². The molecule has 1 saturated carbocycles. The van der Waals surface area contributed by atoms with Crippen molar-refractivity contribution in [3.05, 3.63) is 36.0 Å². The molecule has 1 aromatic carbocycles. The maximum Gasteiger partial charge on any atom is 0.0525 e. The minimum absolute atomic E-state index is 0.763. The van der Waals surface area contributed by atoms with Crippen LogP contribution in [0.4, 0.5) is 0 Å². The Morgan fingerprint density at radius 3 is 2.76 bits per heavy atom. The Labute approximate surface area is 126 Å². The van der Waals surface area contributed by atoms with Crippen LogP contribution in [0.5, 0.6) is 0 Å². The molecule has 2 heterocycles. The molecular formula is C18H24N2O. The van der Waals surface area contributed by atoms with E-state index in [1.807, 2.05) is 0 Å². The van der Waals surface area contributed by atoms with Crippen molar-refractivity contribution in [1.82, 2.24) is 9.88 Å². The molecule has 1 aliphatic heterocycles. The van der Waals surface area contributed by atoms with E-state index in [4.69, 9.17) is 4.74 Å². The molecule has 0 bridgehead atoms. The number of benzene rings is 1. The average molecular weight is 284 g/mol. The SMILES string of the molecule is c1cc(CNC2CC2)c2c(c1)ccn2CC1CCOCC1. The smallest absolute Gasteiger partial charge is 0.0525 e. The van der Waals surface area contributed by atoms with Gasteiger partial charge in [-0.05, 0) is 48.6 Å². The summed E-state index contributed by atoms with van der Waals surface area (Å²) in [6.45, 7) is 3.99. The number of nitrogens with one attached hydrogen (secondary N) is 1. The van der Waals surface area contributed by atoms with Crippen molar-refractivity contribution in [3.63, 3.8) is 0 Å². The van der Waals surface area contributed by atoms with Crippen molar-refractivity contribution in [2.24, 2.45) is 5.92 Å². The molecule has 21 heavy (non-hydrogen) atoms. The third-order valence-electron chi connectivity index (χ3n) is 4.83. The topological polar surface area (TPSA) is 26.2 Å². The molecule has 4 rings (SSSR count). The maximum absolute atomic E-state index is 5.48. The van der Waals surface area contributed by atoms with Crippen molar-refractivity contribution < 1.29 is 4.74 Å². The van der Waals surface area contributed by atoms with Gasteiger partial charge in [0.05, 0.1) is 5.52 Å². The lowest BCUT2D eigenvalue weighted by atomic mass is 10.0. The molecule has 1 N–H and O–H groups in total. The largest absolute Gasteiger partial charge is 0.381 e. The Morgan fingerprint density at radius 1 is 1.10 bits per heavy atom. The standard InChI is InChI=1S/C18H24N2O/c1-2-15-6-9-20(13-14-7-10-21-11-8-14)18(15)16(3-1)12-19-17-4-5-17/h1-3,6,9,14,17,19H,4-5,7-8,10-13H2. The van der Waals surface area contributed by atoms with E-state index in [9.17, 15) is 0 Å². The summed E-state index contributed by atoms with van der Waals surface area (Å²) in [5, 5.41) is 5.02. The predicted octanol–water partition coefficient (Wildman–Crippen LogP) is 3.32. The summed E-state index contributed by atoms with van der Waals surface area (Å²) >= 11 is 0. The molecule has 1 aromatic heterocycles. The lowest BCUT2D eigenvalue weighted by Crippen LogP contribution is -2.21. The molecule has 3 heteroatoms. The van der Waals surface area contributed by atoms with Crippen LogP contribution in [0.25, 0.3) is 10.9 Å². The quantitative estimate of drug-likeness (QED) is 0.911. The number of ether oxygens (including phenoxy) is 1. The van der Waals surface area contributed by atoms with Crippen molar-refractivity contribution in [1.29, 1.82) is 0 Å². The first-order valence-corrected chi connectivity index (χ1v) is 8.28. The van der Waals surface area contributed by atoms with Gasteiger partial charge in [-0.1, -0.05) is 18.2 Å². The molecular weight excluding hydrogens is 260 g/mol. The second-order valence-corrected chi connectivity index (χ2v) is 6.53. The van der Waals surface area contributed by atoms with E-state index in [0.717, 1.165) is 38.3 Å². The number of hydrogen-bond acceptors (Lipinski definition) is 2. The van der Waals surface area contributed by atoms with Crippen LogP contribution in [-0.2, 0) is 17.8 Å². The zero-order chi connectivity index (χ0) is 14.1. The third kappa shape index (κ3) is 2.99. The molecule has 2 fully saturated rings. The predicted molar refractivity (Wildman–Crippen MR) is 85.3 cm³/mol. The maximum atomic E-state index is 5.48. The van der Waals surface area contributed by atoms with Gasteiger partial charge < -0.3 is 14.6 Å². The Balaban J connectivity index is 1.58. The molecule has 112 valence electrons. The number of aromatic nitrogens is 1. The summed E-state index contributed by atoms with van der Waals surface area (Å²) in [4.78, 5) is 0. The van der Waals surface area contributed by atoms with E-state index < -0.39 is 0 Å². The average Bonchev–Trinajstić information content (AvgIpc) is 3.27. The van der Waals surface area contributed by atoms with Gasteiger partial charge in [0, 0.05) is 38.5 Å². The first-order valence-electron chi connectivity index (χ1n) is 8.28. The van der Waals surface area contributed by atoms with Gasteiger partial charge in [-0.2, -0.15) is 0 Å². The second-order valence-electron chi connectivity index (χ2n) is 6.53. The first-order chi connectivity index (χ1) is 10.4. The zero-order valence-corrected chi connectivity index (χ0v) is 12.6. The highest BCUT2D eigenvalue weighted by Gasteiger charge is 2.21. The lowest BCUT2D eigenvalue weighted by molar-refractivity contribution is 0.0616. The van der Waals surface area contributed by atoms with E-state index in [-0.39, 0.29) is 0 Å². The van der Waals surface area contributed by atoms with Gasteiger partial charge >= 0.3 is 0 Å². The Bertz CT molecular complexity index is 609. The van der Waals surface area contributed by atoms with Crippen LogP contribution in [0, 0.1) is 5.92 Å². The van der Waals surface area contributed by atoms with E-state index in [2.05, 4.69) is 40.3 Å². The van der Waals surface area contributed by atoms with Crippen LogP contribution in [0.3, 0.4) is 0 Å². The van der Waals surface area contributed by atoms with Crippen molar-refractivity contribution in [2.75, 3.05) is 13.2 Å². The van der Waals surface area contributed by atoms with E-state index >= 15 is 0 Å². The van der Waals surface area contributed by atoms with Crippen LogP contribution in [0.1, 0.15) is 31.2 Å². The summed E-state index contributed by atoms with van der Waals surface area (Å²) in [6, 6.07) is 9.72. The number of rotatable bonds is 5. The van der Waals surface area contributed by atoms with Gasteiger partial charge in [-0.25, -0.2) is 0 Å². The highest BCUT2D eigenvalue weighted by atomic mass is 16.5. The fraction of sp³-hybridized carbons (Fsp3) is 0.556. The molecule has 2 aliphatic rings. The fourth-order valence-corrected chi connectivity index (χ4v) is 3.38.